The van der Waals surface area contributed by atoms with Crippen molar-refractivity contribution in [3.05, 3.63) is 45.8 Å². The molecule has 234 valence electrons. The highest BCUT2D eigenvalue weighted by Crippen LogP contribution is 2.49. The molecule has 0 amide bonds. The molecular formula is C36H60N2O2Si2. The van der Waals surface area contributed by atoms with E-state index in [9.17, 15) is 0 Å². The van der Waals surface area contributed by atoms with Crippen molar-refractivity contribution < 1.29 is 9.47 Å². The molecule has 4 aliphatic rings. The first-order valence-electron chi connectivity index (χ1n) is 17.0. The number of ether oxygens (including phenoxy) is 2. The Kier molecular flexibility index (Phi) is 9.79. The van der Waals surface area contributed by atoms with Crippen molar-refractivity contribution >= 4 is 27.9 Å². The van der Waals surface area contributed by atoms with Crippen LogP contribution in [0.15, 0.2) is 55.8 Å². The molecule has 2 unspecified atom stereocenters. The smallest absolute Gasteiger partial charge is 0.212 e. The molecule has 42 heavy (non-hydrogen) atoms. The Bertz CT molecular complexity index is 1090. The van der Waals surface area contributed by atoms with Gasteiger partial charge in [0.2, 0.25) is 11.8 Å². The Labute approximate surface area is 260 Å². The number of hydrogen-bond acceptors (Lipinski definition) is 4. The third-order valence-corrected chi connectivity index (χ3v) is 22.8. The highest BCUT2D eigenvalue weighted by Gasteiger charge is 2.47. The highest BCUT2D eigenvalue weighted by molar-refractivity contribution is 6.88. The zero-order valence-electron chi connectivity index (χ0n) is 29.0. The van der Waals surface area contributed by atoms with Gasteiger partial charge in [-0.05, 0) is 10.8 Å². The third-order valence-electron chi connectivity index (χ3n) is 11.5. The summed E-state index contributed by atoms with van der Waals surface area (Å²) in [4.78, 5) is 10.7. The lowest BCUT2D eigenvalue weighted by Crippen LogP contribution is -2.37. The normalized spacial score (nSPS) is 26.8. The monoisotopic (exact) mass is 608 g/mol. The van der Waals surface area contributed by atoms with Crippen LogP contribution >= 0.6 is 0 Å². The number of allylic oxidation sites excluding steroid dienone is 6. The fourth-order valence-corrected chi connectivity index (χ4v) is 15.6. The summed E-state index contributed by atoms with van der Waals surface area (Å²) >= 11 is 0. The van der Waals surface area contributed by atoms with Crippen LogP contribution in [0, 0.1) is 22.7 Å². The standard InChI is InChI=1S/C36H60N2O2Si2/c1-13-41(14-2,15-3)27-21-19-25(31(27)33-37-29(23-39-33)35(7,8)9)26-20-22-28(42(16-4,17-5)18-6)32(26)34-38-30(24-40-34)36(10,11)12/h19-22,25-26,29-30H,13-18,23-24H2,1-12H3/t25?,26?,29-,30-/m1/s1. The van der Waals surface area contributed by atoms with E-state index in [-0.39, 0.29) is 34.7 Å². The van der Waals surface area contributed by atoms with Crippen LogP contribution in [0.4, 0.5) is 0 Å². The second-order valence-corrected chi connectivity index (χ2v) is 25.8. The molecule has 0 radical (unpaired) electrons. The Morgan fingerprint density at radius 1 is 0.595 bits per heavy atom. The van der Waals surface area contributed by atoms with Gasteiger partial charge in [0, 0.05) is 23.0 Å². The number of nitrogens with zero attached hydrogens (tertiary/aromatic N) is 2. The van der Waals surface area contributed by atoms with Crippen molar-refractivity contribution in [3.8, 4) is 0 Å². The first-order chi connectivity index (χ1) is 19.8. The lowest BCUT2D eigenvalue weighted by molar-refractivity contribution is 0.234. The highest BCUT2D eigenvalue weighted by atomic mass is 28.3. The molecule has 0 aromatic heterocycles. The van der Waals surface area contributed by atoms with Crippen molar-refractivity contribution in [2.45, 2.75) is 131 Å². The van der Waals surface area contributed by atoms with Gasteiger partial charge in [-0.2, -0.15) is 0 Å². The summed E-state index contributed by atoms with van der Waals surface area (Å²) in [6.45, 7) is 29.6. The van der Waals surface area contributed by atoms with Crippen molar-refractivity contribution in [1.29, 1.82) is 0 Å². The predicted molar refractivity (Wildman–Crippen MR) is 187 cm³/mol. The molecule has 4 atom stereocenters. The quantitative estimate of drug-likeness (QED) is 0.219. The predicted octanol–water partition coefficient (Wildman–Crippen LogP) is 9.73. The van der Waals surface area contributed by atoms with E-state index >= 15 is 0 Å². The first kappa shape index (κ1) is 33.2. The molecule has 0 fully saturated rings. The van der Waals surface area contributed by atoms with Gasteiger partial charge in [0.25, 0.3) is 0 Å². The molecule has 4 rings (SSSR count). The molecule has 2 aliphatic heterocycles. The van der Waals surface area contributed by atoms with E-state index in [4.69, 9.17) is 19.5 Å². The second-order valence-electron chi connectivity index (χ2n) is 15.4. The molecule has 0 saturated heterocycles. The molecule has 0 aromatic rings. The Morgan fingerprint density at radius 3 is 1.14 bits per heavy atom. The summed E-state index contributed by atoms with van der Waals surface area (Å²) in [5, 5.41) is 3.17. The van der Waals surface area contributed by atoms with E-state index in [1.165, 1.54) is 47.4 Å². The maximum absolute atomic E-state index is 6.59. The molecule has 0 spiro atoms. The van der Waals surface area contributed by atoms with Crippen molar-refractivity contribution in [3.63, 3.8) is 0 Å². The van der Waals surface area contributed by atoms with Crippen LogP contribution in [0.25, 0.3) is 0 Å². The average molecular weight is 609 g/mol. The second kappa shape index (κ2) is 12.4. The summed E-state index contributed by atoms with van der Waals surface area (Å²) in [5.41, 5.74) is 2.92. The minimum atomic E-state index is -1.70. The lowest BCUT2D eigenvalue weighted by Gasteiger charge is -2.33. The van der Waals surface area contributed by atoms with E-state index in [1.54, 1.807) is 10.4 Å². The minimum Gasteiger partial charge on any atom is -0.475 e. The van der Waals surface area contributed by atoms with Gasteiger partial charge >= 0.3 is 0 Å². The van der Waals surface area contributed by atoms with E-state index in [0.29, 0.717) is 13.2 Å². The molecule has 0 N–H and O–H groups in total. The van der Waals surface area contributed by atoms with Gasteiger partial charge in [0.05, 0.1) is 28.2 Å². The molecule has 4 nitrogen and oxygen atoms in total. The van der Waals surface area contributed by atoms with Crippen LogP contribution in [0.5, 0.6) is 0 Å². The summed E-state index contributed by atoms with van der Waals surface area (Å²) in [6, 6.07) is 7.87. The van der Waals surface area contributed by atoms with Crippen LogP contribution < -0.4 is 0 Å². The van der Waals surface area contributed by atoms with Crippen LogP contribution in [0.3, 0.4) is 0 Å². The van der Waals surface area contributed by atoms with Gasteiger partial charge in [-0.3, -0.25) is 0 Å². The zero-order chi connectivity index (χ0) is 31.1. The molecule has 2 aliphatic carbocycles. The molecule has 6 heteroatoms. The summed E-state index contributed by atoms with van der Waals surface area (Å²) < 4.78 is 13.2. The number of rotatable bonds is 11. The lowest BCUT2D eigenvalue weighted by atomic mass is 9.83. The van der Waals surface area contributed by atoms with E-state index in [1.807, 2.05) is 0 Å². The van der Waals surface area contributed by atoms with E-state index in [0.717, 1.165) is 11.8 Å². The topological polar surface area (TPSA) is 43.2 Å². The average Bonchev–Trinajstić information content (AvgIpc) is 3.75. The Morgan fingerprint density at radius 2 is 0.905 bits per heavy atom. The largest absolute Gasteiger partial charge is 0.475 e. The van der Waals surface area contributed by atoms with Crippen molar-refractivity contribution in [1.82, 2.24) is 0 Å². The number of hydrogen-bond donors (Lipinski definition) is 0. The zero-order valence-corrected chi connectivity index (χ0v) is 31.0. The fourth-order valence-electron chi connectivity index (χ4n) is 7.74. The first-order valence-corrected chi connectivity index (χ1v) is 22.3. The Hall–Kier alpha value is -1.67. The Balaban J connectivity index is 1.92. The van der Waals surface area contributed by atoms with E-state index in [2.05, 4.69) is 107 Å². The fraction of sp³-hybridized carbons (Fsp3) is 0.722. The van der Waals surface area contributed by atoms with Crippen LogP contribution in [0.1, 0.15) is 83.1 Å². The molecular weight excluding hydrogens is 549 g/mol. The summed E-state index contributed by atoms with van der Waals surface area (Å²) in [7, 11) is -3.40. The summed E-state index contributed by atoms with van der Waals surface area (Å²) in [5.74, 6) is 2.24. The third kappa shape index (κ3) is 5.76. The maximum Gasteiger partial charge on any atom is 0.212 e. The van der Waals surface area contributed by atoms with E-state index < -0.39 is 16.1 Å². The maximum atomic E-state index is 6.59. The molecule has 0 saturated carbocycles. The van der Waals surface area contributed by atoms with Gasteiger partial charge in [-0.25, -0.2) is 9.98 Å². The molecule has 0 aromatic carbocycles. The molecule has 0 bridgehead atoms. The van der Waals surface area contributed by atoms with Gasteiger partial charge in [0.1, 0.15) is 13.2 Å². The van der Waals surface area contributed by atoms with Crippen LogP contribution in [-0.2, 0) is 9.47 Å². The van der Waals surface area contributed by atoms with Gasteiger partial charge in [-0.15, -0.1) is 0 Å². The van der Waals surface area contributed by atoms with Crippen LogP contribution in [-0.4, -0.2) is 53.2 Å². The van der Waals surface area contributed by atoms with Gasteiger partial charge in [0.15, 0.2) is 0 Å². The van der Waals surface area contributed by atoms with Gasteiger partial charge < -0.3 is 9.47 Å². The SMILES string of the molecule is CC[Si](CC)(CC)C1=C(C2=N[C@@H](C(C)(C)C)CO2)C(C2C=CC([Si](CC)(CC)CC)=C2C2=N[C@@H](C(C)(C)C)CO2)C=C1. The van der Waals surface area contributed by atoms with Crippen molar-refractivity contribution in [2.24, 2.45) is 32.7 Å². The summed E-state index contributed by atoms with van der Waals surface area (Å²) in [6.07, 6.45) is 10.0. The number of aliphatic imine (C=N–C) groups is 2. The van der Waals surface area contributed by atoms with Crippen molar-refractivity contribution in [2.75, 3.05) is 13.2 Å². The molecule has 2 heterocycles. The van der Waals surface area contributed by atoms with Gasteiger partial charge in [-0.1, -0.05) is 154 Å². The minimum absolute atomic E-state index is 0.0766. The van der Waals surface area contributed by atoms with Crippen LogP contribution in [0.2, 0.25) is 36.3 Å².